The average molecular weight is 210 g/mol. The van der Waals surface area contributed by atoms with Crippen LogP contribution in [0.15, 0.2) is 29.2 Å². The van der Waals surface area contributed by atoms with Gasteiger partial charge in [0.15, 0.2) is 0 Å². The molecule has 1 atom stereocenters. The van der Waals surface area contributed by atoms with Crippen LogP contribution in [0, 0.1) is 0 Å². The zero-order valence-corrected chi connectivity index (χ0v) is 9.68. The maximum absolute atomic E-state index is 9.81. The van der Waals surface area contributed by atoms with Gasteiger partial charge >= 0.3 is 0 Å². The van der Waals surface area contributed by atoms with Gasteiger partial charge in [-0.15, -0.1) is 11.8 Å². The molecule has 0 aliphatic carbocycles. The highest BCUT2D eigenvalue weighted by atomic mass is 32.2. The first-order chi connectivity index (χ1) is 6.77. The Labute approximate surface area is 90.5 Å². The van der Waals surface area contributed by atoms with Crippen molar-refractivity contribution in [2.75, 3.05) is 6.26 Å². The van der Waals surface area contributed by atoms with Crippen LogP contribution in [0.5, 0.6) is 0 Å². The second-order valence-corrected chi connectivity index (χ2v) is 4.31. The van der Waals surface area contributed by atoms with Gasteiger partial charge in [-0.05, 0) is 30.4 Å². The normalized spacial score (nSPS) is 12.8. The molecule has 0 saturated heterocycles. The molecule has 1 rings (SSSR count). The number of aliphatic hydroxyl groups excluding tert-OH is 1. The molecule has 0 radical (unpaired) electrons. The van der Waals surface area contributed by atoms with Crippen LogP contribution in [-0.4, -0.2) is 11.4 Å². The van der Waals surface area contributed by atoms with Crippen LogP contribution in [0.25, 0.3) is 0 Å². The van der Waals surface area contributed by atoms with Crippen molar-refractivity contribution in [3.63, 3.8) is 0 Å². The van der Waals surface area contributed by atoms with Gasteiger partial charge in [0.2, 0.25) is 0 Å². The quantitative estimate of drug-likeness (QED) is 0.749. The van der Waals surface area contributed by atoms with Crippen molar-refractivity contribution < 1.29 is 5.11 Å². The summed E-state index contributed by atoms with van der Waals surface area (Å²) in [6, 6.07) is 8.17. The minimum absolute atomic E-state index is 0.286. The summed E-state index contributed by atoms with van der Waals surface area (Å²) in [5.74, 6) is 0. The summed E-state index contributed by atoms with van der Waals surface area (Å²) in [6.45, 7) is 2.14. The van der Waals surface area contributed by atoms with Crippen LogP contribution in [-0.2, 0) is 0 Å². The van der Waals surface area contributed by atoms with E-state index in [0.29, 0.717) is 0 Å². The summed E-state index contributed by atoms with van der Waals surface area (Å²) in [7, 11) is 0. The van der Waals surface area contributed by atoms with E-state index in [4.69, 9.17) is 0 Å². The third-order valence-electron chi connectivity index (χ3n) is 2.33. The smallest absolute Gasteiger partial charge is 0.0790 e. The van der Waals surface area contributed by atoms with E-state index in [2.05, 4.69) is 25.3 Å². The van der Waals surface area contributed by atoms with Gasteiger partial charge in [-0.25, -0.2) is 0 Å². The lowest BCUT2D eigenvalue weighted by atomic mass is 10.0. The van der Waals surface area contributed by atoms with Crippen molar-refractivity contribution in [2.45, 2.75) is 37.2 Å². The Morgan fingerprint density at radius 3 is 2.43 bits per heavy atom. The molecule has 0 heterocycles. The molecule has 1 unspecified atom stereocenters. The molecule has 0 bridgehead atoms. The van der Waals surface area contributed by atoms with Crippen molar-refractivity contribution in [3.8, 4) is 0 Å². The third-order valence-corrected chi connectivity index (χ3v) is 3.08. The Bertz CT molecular complexity index is 256. The lowest BCUT2D eigenvalue weighted by molar-refractivity contribution is 0.164. The van der Waals surface area contributed by atoms with Crippen LogP contribution in [0.1, 0.15) is 37.9 Å². The molecular formula is C12H18OS. The van der Waals surface area contributed by atoms with Gasteiger partial charge in [-0.3, -0.25) is 0 Å². The number of unbranched alkanes of at least 4 members (excludes halogenated alkanes) is 1. The predicted molar refractivity (Wildman–Crippen MR) is 62.7 cm³/mol. The van der Waals surface area contributed by atoms with Gasteiger partial charge in [0.1, 0.15) is 0 Å². The second-order valence-electron chi connectivity index (χ2n) is 3.43. The first-order valence-corrected chi connectivity index (χ1v) is 6.32. The molecule has 1 aromatic rings. The summed E-state index contributed by atoms with van der Waals surface area (Å²) in [5, 5.41) is 9.81. The van der Waals surface area contributed by atoms with E-state index in [1.165, 1.54) is 4.90 Å². The minimum atomic E-state index is -0.286. The molecule has 2 heteroatoms. The van der Waals surface area contributed by atoms with E-state index >= 15 is 0 Å². The number of benzene rings is 1. The maximum Gasteiger partial charge on any atom is 0.0790 e. The van der Waals surface area contributed by atoms with Crippen molar-refractivity contribution in [1.82, 2.24) is 0 Å². The predicted octanol–water partition coefficient (Wildman–Crippen LogP) is 3.63. The highest BCUT2D eigenvalue weighted by Crippen LogP contribution is 2.22. The Morgan fingerprint density at radius 1 is 1.29 bits per heavy atom. The zero-order valence-electron chi connectivity index (χ0n) is 8.86. The first kappa shape index (κ1) is 11.6. The lowest BCUT2D eigenvalue weighted by Crippen LogP contribution is -1.96. The van der Waals surface area contributed by atoms with Crippen LogP contribution in [0.4, 0.5) is 0 Å². The summed E-state index contributed by atoms with van der Waals surface area (Å²) in [4.78, 5) is 1.25. The van der Waals surface area contributed by atoms with Crippen molar-refractivity contribution in [2.24, 2.45) is 0 Å². The summed E-state index contributed by atoms with van der Waals surface area (Å²) >= 11 is 1.73. The molecule has 0 fully saturated rings. The van der Waals surface area contributed by atoms with Gasteiger partial charge in [-0.1, -0.05) is 31.9 Å². The van der Waals surface area contributed by atoms with Crippen molar-refractivity contribution in [1.29, 1.82) is 0 Å². The summed E-state index contributed by atoms with van der Waals surface area (Å²) in [5.41, 5.74) is 1.04. The number of aliphatic hydroxyl groups is 1. The standard InChI is InChI=1S/C12H18OS/c1-3-4-5-12(13)10-6-8-11(14-2)9-7-10/h6-9,12-13H,3-5H2,1-2H3. The van der Waals surface area contributed by atoms with E-state index in [1.807, 2.05) is 12.1 Å². The van der Waals surface area contributed by atoms with Gasteiger partial charge < -0.3 is 5.11 Å². The van der Waals surface area contributed by atoms with Crippen LogP contribution in [0.2, 0.25) is 0 Å². The minimum Gasteiger partial charge on any atom is -0.388 e. The van der Waals surface area contributed by atoms with Crippen LogP contribution < -0.4 is 0 Å². The fourth-order valence-corrected chi connectivity index (χ4v) is 1.80. The topological polar surface area (TPSA) is 20.2 Å². The molecule has 0 aliphatic heterocycles. The van der Waals surface area contributed by atoms with E-state index in [9.17, 15) is 5.11 Å². The van der Waals surface area contributed by atoms with Crippen LogP contribution >= 0.6 is 11.8 Å². The fourth-order valence-electron chi connectivity index (χ4n) is 1.39. The Hall–Kier alpha value is -0.470. The van der Waals surface area contributed by atoms with E-state index in [0.717, 1.165) is 24.8 Å². The number of rotatable bonds is 5. The first-order valence-electron chi connectivity index (χ1n) is 5.10. The molecule has 1 N–H and O–H groups in total. The lowest BCUT2D eigenvalue weighted by Gasteiger charge is -2.10. The van der Waals surface area contributed by atoms with E-state index in [-0.39, 0.29) is 6.10 Å². The highest BCUT2D eigenvalue weighted by Gasteiger charge is 2.05. The molecule has 0 saturated carbocycles. The second kappa shape index (κ2) is 6.10. The van der Waals surface area contributed by atoms with Gasteiger partial charge in [0.05, 0.1) is 6.10 Å². The van der Waals surface area contributed by atoms with E-state index < -0.39 is 0 Å². The van der Waals surface area contributed by atoms with Gasteiger partial charge in [0, 0.05) is 4.90 Å². The number of hydrogen-bond donors (Lipinski definition) is 1. The molecule has 0 aliphatic rings. The Kier molecular flexibility index (Phi) is 5.05. The molecule has 78 valence electrons. The Morgan fingerprint density at radius 2 is 1.93 bits per heavy atom. The summed E-state index contributed by atoms with van der Waals surface area (Å²) < 4.78 is 0. The van der Waals surface area contributed by atoms with E-state index in [1.54, 1.807) is 11.8 Å². The molecule has 0 aromatic heterocycles. The fraction of sp³-hybridized carbons (Fsp3) is 0.500. The SMILES string of the molecule is CCCCC(O)c1ccc(SC)cc1. The monoisotopic (exact) mass is 210 g/mol. The maximum atomic E-state index is 9.81. The van der Waals surface area contributed by atoms with Crippen molar-refractivity contribution in [3.05, 3.63) is 29.8 Å². The average Bonchev–Trinajstić information content (AvgIpc) is 2.26. The number of hydrogen-bond acceptors (Lipinski definition) is 2. The largest absolute Gasteiger partial charge is 0.388 e. The highest BCUT2D eigenvalue weighted by molar-refractivity contribution is 7.98. The van der Waals surface area contributed by atoms with Crippen molar-refractivity contribution >= 4 is 11.8 Å². The zero-order chi connectivity index (χ0) is 10.4. The molecule has 0 amide bonds. The molecule has 1 nitrogen and oxygen atoms in total. The molecular weight excluding hydrogens is 192 g/mol. The molecule has 14 heavy (non-hydrogen) atoms. The Balaban J connectivity index is 2.57. The third kappa shape index (κ3) is 3.35. The van der Waals surface area contributed by atoms with Gasteiger partial charge in [-0.2, -0.15) is 0 Å². The van der Waals surface area contributed by atoms with Crippen LogP contribution in [0.3, 0.4) is 0 Å². The summed E-state index contributed by atoms with van der Waals surface area (Å²) in [6.07, 6.45) is 4.87. The molecule has 1 aromatic carbocycles. The van der Waals surface area contributed by atoms with Gasteiger partial charge in [0.25, 0.3) is 0 Å². The molecule has 0 spiro atoms. The number of thioether (sulfide) groups is 1.